The van der Waals surface area contributed by atoms with Crippen molar-refractivity contribution in [3.05, 3.63) is 28.8 Å². The third-order valence-electron chi connectivity index (χ3n) is 3.33. The van der Waals surface area contributed by atoms with E-state index < -0.39 is 0 Å². The predicted octanol–water partition coefficient (Wildman–Crippen LogP) is 3.93. The molecule has 102 valence electrons. The molecule has 0 fully saturated rings. The van der Waals surface area contributed by atoms with Crippen molar-refractivity contribution in [1.82, 2.24) is 5.32 Å². The van der Waals surface area contributed by atoms with Crippen LogP contribution in [0.1, 0.15) is 32.8 Å². The number of nitrogens with zero attached hydrogens (tertiary/aromatic N) is 1. The molecule has 2 nitrogen and oxygen atoms in total. The zero-order valence-electron chi connectivity index (χ0n) is 12.0. The summed E-state index contributed by atoms with van der Waals surface area (Å²) in [6, 6.07) is 6.34. The van der Waals surface area contributed by atoms with Crippen LogP contribution in [0.3, 0.4) is 0 Å². The van der Waals surface area contributed by atoms with Crippen LogP contribution in [0.2, 0.25) is 5.02 Å². The molecule has 0 spiro atoms. The van der Waals surface area contributed by atoms with Gasteiger partial charge in [0, 0.05) is 30.8 Å². The third-order valence-corrected chi connectivity index (χ3v) is 3.68. The molecule has 1 aromatic carbocycles. The molecule has 0 aliphatic carbocycles. The van der Waals surface area contributed by atoms with Gasteiger partial charge >= 0.3 is 0 Å². The molecule has 0 amide bonds. The van der Waals surface area contributed by atoms with Gasteiger partial charge in [0.1, 0.15) is 0 Å². The fourth-order valence-electron chi connectivity index (χ4n) is 1.88. The lowest BCUT2D eigenvalue weighted by molar-refractivity contribution is 0.560. The minimum absolute atomic E-state index is 0.704. The summed E-state index contributed by atoms with van der Waals surface area (Å²) in [5, 5.41) is 4.15. The minimum Gasteiger partial charge on any atom is -0.374 e. The monoisotopic (exact) mass is 268 g/mol. The van der Waals surface area contributed by atoms with Gasteiger partial charge in [-0.15, -0.1) is 0 Å². The van der Waals surface area contributed by atoms with Crippen molar-refractivity contribution in [2.24, 2.45) is 5.92 Å². The number of halogens is 1. The Bertz CT molecular complexity index is 366. The second-order valence-electron chi connectivity index (χ2n) is 4.95. The SMILES string of the molecule is CCNCc1ccc(N(C)CC(C)CC)cc1Cl. The average molecular weight is 269 g/mol. The third kappa shape index (κ3) is 4.51. The van der Waals surface area contributed by atoms with Crippen LogP contribution in [0.5, 0.6) is 0 Å². The summed E-state index contributed by atoms with van der Waals surface area (Å²) in [4.78, 5) is 2.27. The topological polar surface area (TPSA) is 15.3 Å². The second-order valence-corrected chi connectivity index (χ2v) is 5.36. The summed E-state index contributed by atoms with van der Waals surface area (Å²) in [6.45, 7) is 9.47. The van der Waals surface area contributed by atoms with Crippen molar-refractivity contribution < 1.29 is 0 Å². The molecule has 1 unspecified atom stereocenters. The van der Waals surface area contributed by atoms with E-state index in [2.05, 4.69) is 56.2 Å². The molecule has 0 bridgehead atoms. The van der Waals surface area contributed by atoms with Crippen molar-refractivity contribution in [2.75, 3.05) is 25.0 Å². The van der Waals surface area contributed by atoms with E-state index in [9.17, 15) is 0 Å². The maximum atomic E-state index is 6.31. The van der Waals surface area contributed by atoms with Crippen LogP contribution in [0.4, 0.5) is 5.69 Å². The van der Waals surface area contributed by atoms with E-state index in [1.54, 1.807) is 0 Å². The molecule has 1 aromatic rings. The van der Waals surface area contributed by atoms with Crippen molar-refractivity contribution in [3.8, 4) is 0 Å². The van der Waals surface area contributed by atoms with Gasteiger partial charge in [-0.05, 0) is 30.2 Å². The number of benzene rings is 1. The van der Waals surface area contributed by atoms with Gasteiger partial charge in [-0.25, -0.2) is 0 Å². The molecule has 1 rings (SSSR count). The van der Waals surface area contributed by atoms with E-state index in [0.717, 1.165) is 24.7 Å². The smallest absolute Gasteiger partial charge is 0.0471 e. The number of hydrogen-bond acceptors (Lipinski definition) is 2. The quantitative estimate of drug-likeness (QED) is 0.806. The van der Waals surface area contributed by atoms with Crippen LogP contribution in [-0.4, -0.2) is 20.1 Å². The Hall–Kier alpha value is -0.730. The molecule has 0 saturated heterocycles. The highest BCUT2D eigenvalue weighted by Gasteiger charge is 2.08. The van der Waals surface area contributed by atoms with Crippen molar-refractivity contribution in [2.45, 2.75) is 33.7 Å². The second kappa shape index (κ2) is 7.65. The summed E-state index contributed by atoms with van der Waals surface area (Å²) in [6.07, 6.45) is 1.20. The van der Waals surface area contributed by atoms with Gasteiger partial charge in [0.25, 0.3) is 0 Å². The number of rotatable bonds is 7. The van der Waals surface area contributed by atoms with E-state index in [0.29, 0.717) is 5.92 Å². The first-order valence-corrected chi connectivity index (χ1v) is 7.16. The fourth-order valence-corrected chi connectivity index (χ4v) is 2.12. The average Bonchev–Trinajstić information content (AvgIpc) is 2.37. The van der Waals surface area contributed by atoms with Crippen LogP contribution in [0, 0.1) is 5.92 Å². The van der Waals surface area contributed by atoms with Crippen LogP contribution in [0.15, 0.2) is 18.2 Å². The van der Waals surface area contributed by atoms with Gasteiger partial charge < -0.3 is 10.2 Å². The van der Waals surface area contributed by atoms with Crippen LogP contribution < -0.4 is 10.2 Å². The van der Waals surface area contributed by atoms with Crippen molar-refractivity contribution >= 4 is 17.3 Å². The molecule has 0 aliphatic heterocycles. The first-order valence-electron chi connectivity index (χ1n) is 6.78. The Kier molecular flexibility index (Phi) is 6.51. The molecular formula is C15H25ClN2. The summed E-state index contributed by atoms with van der Waals surface area (Å²) >= 11 is 6.31. The van der Waals surface area contributed by atoms with Crippen molar-refractivity contribution in [1.29, 1.82) is 0 Å². The van der Waals surface area contributed by atoms with E-state index in [1.165, 1.54) is 17.7 Å². The fraction of sp³-hybridized carbons (Fsp3) is 0.600. The van der Waals surface area contributed by atoms with Gasteiger partial charge in [0.05, 0.1) is 0 Å². The molecule has 1 N–H and O–H groups in total. The van der Waals surface area contributed by atoms with Crippen LogP contribution >= 0.6 is 11.6 Å². The molecule has 18 heavy (non-hydrogen) atoms. The number of hydrogen-bond donors (Lipinski definition) is 1. The summed E-state index contributed by atoms with van der Waals surface area (Å²) in [7, 11) is 2.13. The lowest BCUT2D eigenvalue weighted by Gasteiger charge is -2.23. The highest BCUT2D eigenvalue weighted by molar-refractivity contribution is 6.31. The maximum Gasteiger partial charge on any atom is 0.0471 e. The maximum absolute atomic E-state index is 6.31. The first-order chi connectivity index (χ1) is 8.58. The summed E-state index contributed by atoms with van der Waals surface area (Å²) in [5.41, 5.74) is 2.36. The molecule has 3 heteroatoms. The van der Waals surface area contributed by atoms with Crippen LogP contribution in [-0.2, 0) is 6.54 Å². The Morgan fingerprint density at radius 3 is 2.61 bits per heavy atom. The minimum atomic E-state index is 0.704. The lowest BCUT2D eigenvalue weighted by Crippen LogP contribution is -2.23. The largest absolute Gasteiger partial charge is 0.374 e. The number of anilines is 1. The van der Waals surface area contributed by atoms with E-state index in [1.807, 2.05) is 0 Å². The molecule has 1 atom stereocenters. The lowest BCUT2D eigenvalue weighted by atomic mass is 10.1. The van der Waals surface area contributed by atoms with Gasteiger partial charge in [0.2, 0.25) is 0 Å². The van der Waals surface area contributed by atoms with Gasteiger partial charge in [-0.2, -0.15) is 0 Å². The highest BCUT2D eigenvalue weighted by atomic mass is 35.5. The normalized spacial score (nSPS) is 12.5. The Balaban J connectivity index is 2.70. The van der Waals surface area contributed by atoms with E-state index in [-0.39, 0.29) is 0 Å². The summed E-state index contributed by atoms with van der Waals surface area (Å²) < 4.78 is 0. The van der Waals surface area contributed by atoms with Gasteiger partial charge in [0.15, 0.2) is 0 Å². The zero-order valence-corrected chi connectivity index (χ0v) is 12.7. The molecular weight excluding hydrogens is 244 g/mol. The first kappa shape index (κ1) is 15.3. The van der Waals surface area contributed by atoms with Gasteiger partial charge in [-0.3, -0.25) is 0 Å². The van der Waals surface area contributed by atoms with E-state index >= 15 is 0 Å². The Morgan fingerprint density at radius 2 is 2.06 bits per heavy atom. The van der Waals surface area contributed by atoms with E-state index in [4.69, 9.17) is 11.6 Å². The number of nitrogens with one attached hydrogen (secondary N) is 1. The van der Waals surface area contributed by atoms with Gasteiger partial charge in [-0.1, -0.05) is 44.9 Å². The predicted molar refractivity (Wildman–Crippen MR) is 81.6 cm³/mol. The molecule has 0 aromatic heterocycles. The summed E-state index contributed by atoms with van der Waals surface area (Å²) in [5.74, 6) is 0.704. The van der Waals surface area contributed by atoms with Crippen molar-refractivity contribution in [3.63, 3.8) is 0 Å². The zero-order chi connectivity index (χ0) is 13.5. The molecule has 0 saturated carbocycles. The molecule has 0 radical (unpaired) electrons. The highest BCUT2D eigenvalue weighted by Crippen LogP contribution is 2.24. The molecule has 0 aliphatic rings. The standard InChI is InChI=1S/C15H25ClN2/c1-5-12(3)11-18(4)14-8-7-13(10-17-6-2)15(16)9-14/h7-9,12,17H,5-6,10-11H2,1-4H3. The Morgan fingerprint density at radius 1 is 1.33 bits per heavy atom. The molecule has 0 heterocycles. The Labute approximate surface area is 116 Å². The van der Waals surface area contributed by atoms with Crippen LogP contribution in [0.25, 0.3) is 0 Å².